The largest absolute Gasteiger partial charge is 0.444 e. The van der Waals surface area contributed by atoms with Gasteiger partial charge < -0.3 is 14.5 Å². The van der Waals surface area contributed by atoms with Gasteiger partial charge in [0, 0.05) is 38.1 Å². The summed E-state index contributed by atoms with van der Waals surface area (Å²) in [5.41, 5.74) is 3.85. The van der Waals surface area contributed by atoms with Gasteiger partial charge in [0.1, 0.15) is 23.4 Å². The molecule has 33 heavy (non-hydrogen) atoms. The van der Waals surface area contributed by atoms with Crippen molar-refractivity contribution in [3.63, 3.8) is 0 Å². The van der Waals surface area contributed by atoms with Gasteiger partial charge in [-0.05, 0) is 70.6 Å². The average molecular weight is 449 g/mol. The number of nitrogens with zero attached hydrogens (tertiary/aromatic N) is 6. The monoisotopic (exact) mass is 448 g/mol. The lowest BCUT2D eigenvalue weighted by molar-refractivity contribution is 0.0159. The topological polar surface area (TPSA) is 76.4 Å². The van der Waals surface area contributed by atoms with Gasteiger partial charge in [0.05, 0.1) is 17.3 Å². The number of hydrogen-bond acceptors (Lipinski definition) is 6. The van der Waals surface area contributed by atoms with Crippen LogP contribution in [0.25, 0.3) is 16.7 Å². The Morgan fingerprint density at radius 1 is 1.15 bits per heavy atom. The molecule has 0 unspecified atom stereocenters. The van der Waals surface area contributed by atoms with Gasteiger partial charge >= 0.3 is 6.09 Å². The van der Waals surface area contributed by atoms with Crippen LogP contribution in [0.1, 0.15) is 57.6 Å². The van der Waals surface area contributed by atoms with Gasteiger partial charge in [-0.25, -0.2) is 14.8 Å². The summed E-state index contributed by atoms with van der Waals surface area (Å²) in [7, 11) is 0. The van der Waals surface area contributed by atoms with E-state index in [2.05, 4.69) is 45.5 Å². The van der Waals surface area contributed by atoms with Crippen molar-refractivity contribution in [2.45, 2.75) is 65.0 Å². The van der Waals surface area contributed by atoms with Crippen molar-refractivity contribution in [1.29, 1.82) is 0 Å². The Labute approximate surface area is 194 Å². The molecule has 1 aliphatic carbocycles. The van der Waals surface area contributed by atoms with Crippen LogP contribution in [0.15, 0.2) is 31.0 Å². The molecule has 174 valence electrons. The van der Waals surface area contributed by atoms with Gasteiger partial charge in [-0.15, -0.1) is 0 Å². The third-order valence-corrected chi connectivity index (χ3v) is 6.30. The van der Waals surface area contributed by atoms with E-state index in [1.165, 1.54) is 18.4 Å². The summed E-state index contributed by atoms with van der Waals surface area (Å²) < 4.78 is 7.76. The molecular weight excluding hydrogens is 416 g/mol. The number of aryl methyl sites for hydroxylation is 1. The summed E-state index contributed by atoms with van der Waals surface area (Å²) in [6.07, 6.45) is 9.76. The van der Waals surface area contributed by atoms with Crippen molar-refractivity contribution in [2.24, 2.45) is 0 Å². The first-order chi connectivity index (χ1) is 15.7. The first-order valence-electron chi connectivity index (χ1n) is 11.7. The van der Waals surface area contributed by atoms with Crippen molar-refractivity contribution in [1.82, 2.24) is 24.4 Å². The second-order valence-electron chi connectivity index (χ2n) is 10.3. The van der Waals surface area contributed by atoms with Crippen LogP contribution >= 0.6 is 0 Å². The SMILES string of the molecule is Cc1cncc(-n2cc(C3CC3)c3c(N4CCN(C(=O)OC(C)(C)C)[C@H](C)C4)ncnc32)c1. The summed E-state index contributed by atoms with van der Waals surface area (Å²) in [5.74, 6) is 1.51. The third-order valence-electron chi connectivity index (χ3n) is 6.30. The summed E-state index contributed by atoms with van der Waals surface area (Å²) in [6.45, 7) is 11.8. The summed E-state index contributed by atoms with van der Waals surface area (Å²) >= 11 is 0. The fourth-order valence-corrected chi connectivity index (χ4v) is 4.63. The number of amides is 1. The molecule has 3 aromatic rings. The standard InChI is InChI=1S/C25H32N6O2/c1-16-10-19(12-26-11-16)31-14-20(18-6-7-18)21-22(27-15-28-23(21)31)29-8-9-30(17(2)13-29)24(32)33-25(3,4)5/h10-12,14-15,17-18H,6-9,13H2,1-5H3/t17-/m1/s1. The lowest BCUT2D eigenvalue weighted by Gasteiger charge is -2.40. The van der Waals surface area contributed by atoms with Crippen LogP contribution in [0, 0.1) is 6.92 Å². The molecule has 8 heteroatoms. The summed E-state index contributed by atoms with van der Waals surface area (Å²) in [4.78, 5) is 30.6. The lowest BCUT2D eigenvalue weighted by atomic mass is 10.1. The number of fused-ring (bicyclic) bond motifs is 1. The van der Waals surface area contributed by atoms with E-state index >= 15 is 0 Å². The number of ether oxygens (including phenoxy) is 1. The molecule has 2 fully saturated rings. The fraction of sp³-hybridized carbons (Fsp3) is 0.520. The number of rotatable bonds is 3. The van der Waals surface area contributed by atoms with Crippen molar-refractivity contribution in [3.05, 3.63) is 42.1 Å². The van der Waals surface area contributed by atoms with E-state index in [0.717, 1.165) is 28.1 Å². The Balaban J connectivity index is 1.49. The quantitative estimate of drug-likeness (QED) is 0.589. The Morgan fingerprint density at radius 2 is 1.94 bits per heavy atom. The number of carbonyl (C=O) groups excluding carboxylic acids is 1. The molecule has 5 rings (SSSR count). The van der Waals surface area contributed by atoms with Crippen molar-refractivity contribution >= 4 is 22.9 Å². The third kappa shape index (κ3) is 4.26. The second kappa shape index (κ2) is 8.01. The normalized spacial score (nSPS) is 19.2. The van der Waals surface area contributed by atoms with E-state index in [9.17, 15) is 4.79 Å². The van der Waals surface area contributed by atoms with E-state index in [1.54, 1.807) is 6.33 Å². The van der Waals surface area contributed by atoms with Gasteiger partial charge in [0.2, 0.25) is 0 Å². The van der Waals surface area contributed by atoms with Gasteiger partial charge in [-0.3, -0.25) is 9.55 Å². The maximum Gasteiger partial charge on any atom is 0.410 e. The summed E-state index contributed by atoms with van der Waals surface area (Å²) in [6, 6.07) is 2.15. The molecule has 1 saturated carbocycles. The second-order valence-corrected chi connectivity index (χ2v) is 10.3. The summed E-state index contributed by atoms with van der Waals surface area (Å²) in [5, 5.41) is 1.12. The zero-order valence-electron chi connectivity index (χ0n) is 20.1. The van der Waals surface area contributed by atoms with Crippen LogP contribution in [0.5, 0.6) is 0 Å². The van der Waals surface area contributed by atoms with Crippen LogP contribution in [0.3, 0.4) is 0 Å². The minimum Gasteiger partial charge on any atom is -0.444 e. The maximum atomic E-state index is 12.7. The first-order valence-corrected chi connectivity index (χ1v) is 11.7. The van der Waals surface area contributed by atoms with Crippen LogP contribution in [0.2, 0.25) is 0 Å². The molecule has 1 amide bonds. The number of carbonyl (C=O) groups is 1. The highest BCUT2D eigenvalue weighted by Gasteiger charge is 2.34. The first kappa shape index (κ1) is 21.7. The van der Waals surface area contributed by atoms with Crippen LogP contribution in [0.4, 0.5) is 10.6 Å². The molecular formula is C25H32N6O2. The number of anilines is 1. The highest BCUT2D eigenvalue weighted by Crippen LogP contribution is 2.46. The Kier molecular flexibility index (Phi) is 5.26. The van der Waals surface area contributed by atoms with E-state index in [0.29, 0.717) is 25.6 Å². The molecule has 3 aromatic heterocycles. The fourth-order valence-electron chi connectivity index (χ4n) is 4.63. The minimum atomic E-state index is -0.501. The van der Waals surface area contributed by atoms with Gasteiger partial charge in [0.15, 0.2) is 0 Å². The predicted octanol–water partition coefficient (Wildman–Crippen LogP) is 4.45. The molecule has 0 aromatic carbocycles. The number of aromatic nitrogens is 4. The molecule has 0 bridgehead atoms. The zero-order valence-corrected chi connectivity index (χ0v) is 20.1. The van der Waals surface area contributed by atoms with E-state index < -0.39 is 5.60 Å². The van der Waals surface area contributed by atoms with Crippen molar-refractivity contribution < 1.29 is 9.53 Å². The molecule has 0 spiro atoms. The highest BCUT2D eigenvalue weighted by molar-refractivity contribution is 5.93. The van der Waals surface area contributed by atoms with Gasteiger partial charge in [0.25, 0.3) is 0 Å². The highest BCUT2D eigenvalue weighted by atomic mass is 16.6. The molecule has 0 N–H and O–H groups in total. The van der Waals surface area contributed by atoms with Crippen molar-refractivity contribution in [2.75, 3.05) is 24.5 Å². The van der Waals surface area contributed by atoms with Crippen LogP contribution in [-0.2, 0) is 4.74 Å². The van der Waals surface area contributed by atoms with E-state index in [1.807, 2.05) is 38.1 Å². The Bertz CT molecular complexity index is 1190. The minimum absolute atomic E-state index is 0.0195. The van der Waals surface area contributed by atoms with Gasteiger partial charge in [-0.1, -0.05) is 0 Å². The average Bonchev–Trinajstić information content (AvgIpc) is 3.52. The molecule has 2 aliphatic rings. The van der Waals surface area contributed by atoms with Crippen molar-refractivity contribution in [3.8, 4) is 5.69 Å². The van der Waals surface area contributed by atoms with E-state index in [-0.39, 0.29) is 12.1 Å². The predicted molar refractivity (Wildman–Crippen MR) is 128 cm³/mol. The molecule has 4 heterocycles. The molecule has 1 atom stereocenters. The molecule has 1 aliphatic heterocycles. The number of pyridine rings is 1. The smallest absolute Gasteiger partial charge is 0.410 e. The van der Waals surface area contributed by atoms with Crippen LogP contribution < -0.4 is 4.90 Å². The maximum absolute atomic E-state index is 12.7. The van der Waals surface area contributed by atoms with Gasteiger partial charge in [-0.2, -0.15) is 0 Å². The number of piperazine rings is 1. The van der Waals surface area contributed by atoms with Crippen LogP contribution in [-0.4, -0.2) is 61.8 Å². The van der Waals surface area contributed by atoms with E-state index in [4.69, 9.17) is 9.72 Å². The Morgan fingerprint density at radius 3 is 2.61 bits per heavy atom. The number of hydrogen-bond donors (Lipinski definition) is 0. The molecule has 8 nitrogen and oxygen atoms in total. The lowest BCUT2D eigenvalue weighted by Crippen LogP contribution is -2.55. The zero-order chi connectivity index (χ0) is 23.3. The Hall–Kier alpha value is -3.16. The molecule has 1 saturated heterocycles. The molecule has 0 radical (unpaired) electrons.